The second-order valence-electron chi connectivity index (χ2n) is 7.39. The van der Waals surface area contributed by atoms with Gasteiger partial charge in [0.25, 0.3) is 5.91 Å². The Morgan fingerprint density at radius 3 is 2.29 bits per heavy atom. The van der Waals surface area contributed by atoms with Crippen molar-refractivity contribution in [3.63, 3.8) is 0 Å². The Morgan fingerprint density at radius 2 is 1.71 bits per heavy atom. The Labute approximate surface area is 211 Å². The minimum Gasteiger partial charge on any atom is -0.507 e. The molecule has 2 aromatic carbocycles. The van der Waals surface area contributed by atoms with Crippen molar-refractivity contribution in [2.75, 3.05) is 13.1 Å². The summed E-state index contributed by atoms with van der Waals surface area (Å²) in [6, 6.07) is 13.5. The van der Waals surface area contributed by atoms with Crippen LogP contribution in [-0.4, -0.2) is 42.6 Å². The number of halogens is 2. The summed E-state index contributed by atoms with van der Waals surface area (Å²) in [7, 11) is -3.87. The summed E-state index contributed by atoms with van der Waals surface area (Å²) in [6.07, 6.45) is 1.64. The standard InChI is InChI=1S/C23H25N3O5S.2ClH/c1-15-2-5-17(13-26-15)22(28)14-25-11-10-16-3-6-18(7-4-16)32(30,31)19-8-9-21(27)20(12-19)23(24)29;;/h2-9,12-13,22,25,27-28H,10-11,14H2,1H3,(H2,24,29);2*1H/t22-;;/m0../s1. The predicted octanol–water partition coefficient (Wildman–Crippen LogP) is 2.74. The smallest absolute Gasteiger partial charge is 0.252 e. The molecule has 1 atom stereocenters. The molecule has 0 saturated carbocycles. The normalized spacial score (nSPS) is 11.7. The number of aliphatic hydroxyl groups excluding tert-OH is 1. The maximum atomic E-state index is 12.8. The fourth-order valence-corrected chi connectivity index (χ4v) is 4.40. The second-order valence-corrected chi connectivity index (χ2v) is 9.34. The number of amides is 1. The Morgan fingerprint density at radius 1 is 1.06 bits per heavy atom. The molecule has 0 radical (unpaired) electrons. The lowest BCUT2D eigenvalue weighted by Crippen LogP contribution is -2.23. The average molecular weight is 528 g/mol. The number of carbonyl (C=O) groups excluding carboxylic acids is 1. The number of nitrogens with two attached hydrogens (primary N) is 1. The van der Waals surface area contributed by atoms with Crippen LogP contribution in [0.15, 0.2) is 70.6 Å². The van der Waals surface area contributed by atoms with Gasteiger partial charge >= 0.3 is 0 Å². The summed E-state index contributed by atoms with van der Waals surface area (Å²) < 4.78 is 25.7. The minimum absolute atomic E-state index is 0. The number of aryl methyl sites for hydroxylation is 1. The number of hydrogen-bond donors (Lipinski definition) is 4. The van der Waals surface area contributed by atoms with Gasteiger partial charge in [-0.25, -0.2) is 8.42 Å². The number of primary amides is 1. The van der Waals surface area contributed by atoms with Crippen molar-refractivity contribution in [2.45, 2.75) is 29.2 Å². The zero-order valence-corrected chi connectivity index (χ0v) is 20.8. The first kappa shape index (κ1) is 29.3. The molecular formula is C23H27Cl2N3O5S. The Bertz CT molecular complexity index is 1200. The van der Waals surface area contributed by atoms with Crippen LogP contribution >= 0.6 is 24.8 Å². The zero-order valence-electron chi connectivity index (χ0n) is 18.3. The third-order valence-electron chi connectivity index (χ3n) is 5.02. The number of rotatable bonds is 9. The molecule has 0 bridgehead atoms. The highest BCUT2D eigenvalue weighted by molar-refractivity contribution is 7.91. The third kappa shape index (κ3) is 7.15. The first-order chi connectivity index (χ1) is 15.2. The SMILES string of the molecule is Cc1ccc([C@@H](O)CNCCc2ccc(S(=O)(=O)c3ccc(O)c(C(N)=O)c3)cc2)cn1.Cl.Cl. The van der Waals surface area contributed by atoms with Gasteiger partial charge in [0.1, 0.15) is 5.75 Å². The topological polar surface area (TPSA) is 143 Å². The Kier molecular flexibility index (Phi) is 10.9. The van der Waals surface area contributed by atoms with E-state index in [1.807, 2.05) is 19.1 Å². The molecule has 8 nitrogen and oxygen atoms in total. The summed E-state index contributed by atoms with van der Waals surface area (Å²) >= 11 is 0. The van der Waals surface area contributed by atoms with Gasteiger partial charge in [0.05, 0.1) is 21.5 Å². The lowest BCUT2D eigenvalue weighted by Gasteiger charge is -2.12. The van der Waals surface area contributed by atoms with E-state index in [4.69, 9.17) is 5.73 Å². The predicted molar refractivity (Wildman–Crippen MR) is 134 cm³/mol. The van der Waals surface area contributed by atoms with E-state index in [0.29, 0.717) is 19.5 Å². The number of pyridine rings is 1. The lowest BCUT2D eigenvalue weighted by atomic mass is 10.1. The molecule has 1 aromatic heterocycles. The van der Waals surface area contributed by atoms with Gasteiger partial charge in [-0.05, 0) is 61.9 Å². The highest BCUT2D eigenvalue weighted by Gasteiger charge is 2.20. The maximum absolute atomic E-state index is 12.8. The van der Waals surface area contributed by atoms with Crippen LogP contribution in [0.4, 0.5) is 0 Å². The van der Waals surface area contributed by atoms with Gasteiger partial charge in [0.2, 0.25) is 9.84 Å². The van der Waals surface area contributed by atoms with Gasteiger partial charge in [-0.15, -0.1) is 24.8 Å². The first-order valence-corrected chi connectivity index (χ1v) is 11.4. The Balaban J connectivity index is 0.00000289. The molecule has 11 heteroatoms. The molecule has 0 spiro atoms. The van der Waals surface area contributed by atoms with E-state index in [1.54, 1.807) is 18.3 Å². The number of hydrogen-bond acceptors (Lipinski definition) is 7. The number of phenols is 1. The fraction of sp³-hybridized carbons (Fsp3) is 0.217. The number of aromatic hydroxyl groups is 1. The van der Waals surface area contributed by atoms with Gasteiger partial charge < -0.3 is 21.3 Å². The van der Waals surface area contributed by atoms with Crippen LogP contribution in [0.5, 0.6) is 5.75 Å². The number of aromatic nitrogens is 1. The number of nitrogens with one attached hydrogen (secondary N) is 1. The Hall–Kier alpha value is -2.69. The highest BCUT2D eigenvalue weighted by atomic mass is 35.5. The van der Waals surface area contributed by atoms with Crippen molar-refractivity contribution in [3.05, 3.63) is 83.2 Å². The van der Waals surface area contributed by atoms with Crippen molar-refractivity contribution in [1.29, 1.82) is 0 Å². The molecule has 3 aromatic rings. The number of sulfone groups is 1. The molecular weight excluding hydrogens is 501 g/mol. The van der Waals surface area contributed by atoms with Crippen LogP contribution < -0.4 is 11.1 Å². The highest BCUT2D eigenvalue weighted by Crippen LogP contribution is 2.26. The van der Waals surface area contributed by atoms with E-state index in [9.17, 15) is 23.4 Å². The van der Waals surface area contributed by atoms with Crippen molar-refractivity contribution < 1.29 is 23.4 Å². The lowest BCUT2D eigenvalue weighted by molar-refractivity contribution is 0.0997. The molecule has 0 aliphatic rings. The van der Waals surface area contributed by atoms with E-state index in [0.717, 1.165) is 29.0 Å². The summed E-state index contributed by atoms with van der Waals surface area (Å²) in [5, 5.41) is 23.0. The summed E-state index contributed by atoms with van der Waals surface area (Å²) in [5.41, 5.74) is 7.48. The van der Waals surface area contributed by atoms with Crippen LogP contribution in [0.2, 0.25) is 0 Å². The summed E-state index contributed by atoms with van der Waals surface area (Å²) in [5.74, 6) is -1.28. The summed E-state index contributed by atoms with van der Waals surface area (Å²) in [4.78, 5) is 15.5. The van der Waals surface area contributed by atoms with Gasteiger partial charge in [-0.3, -0.25) is 9.78 Å². The fourth-order valence-electron chi connectivity index (χ4n) is 3.12. The van der Waals surface area contributed by atoms with E-state index >= 15 is 0 Å². The number of nitrogens with zero attached hydrogens (tertiary/aromatic N) is 1. The number of aliphatic hydroxyl groups is 1. The van der Waals surface area contributed by atoms with Crippen molar-refractivity contribution >= 4 is 40.6 Å². The van der Waals surface area contributed by atoms with Gasteiger partial charge in [-0.1, -0.05) is 18.2 Å². The molecule has 0 fully saturated rings. The van der Waals surface area contributed by atoms with E-state index < -0.39 is 21.8 Å². The van der Waals surface area contributed by atoms with Gasteiger partial charge in [-0.2, -0.15) is 0 Å². The van der Waals surface area contributed by atoms with Gasteiger partial charge in [0, 0.05) is 24.0 Å². The molecule has 34 heavy (non-hydrogen) atoms. The maximum Gasteiger partial charge on any atom is 0.252 e. The molecule has 184 valence electrons. The monoisotopic (exact) mass is 527 g/mol. The number of benzene rings is 2. The molecule has 1 amide bonds. The van der Waals surface area contributed by atoms with Crippen LogP contribution in [0.25, 0.3) is 0 Å². The summed E-state index contributed by atoms with van der Waals surface area (Å²) in [6.45, 7) is 2.86. The quantitative estimate of drug-likeness (QED) is 0.313. The van der Waals surface area contributed by atoms with Crippen molar-refractivity contribution in [3.8, 4) is 5.75 Å². The molecule has 0 unspecified atom stereocenters. The largest absolute Gasteiger partial charge is 0.507 e. The molecule has 0 aliphatic carbocycles. The molecule has 0 aliphatic heterocycles. The average Bonchev–Trinajstić information content (AvgIpc) is 2.77. The minimum atomic E-state index is -3.87. The molecule has 0 saturated heterocycles. The molecule has 5 N–H and O–H groups in total. The van der Waals surface area contributed by atoms with Crippen LogP contribution in [-0.2, 0) is 16.3 Å². The van der Waals surface area contributed by atoms with E-state index in [1.165, 1.54) is 18.2 Å². The third-order valence-corrected chi connectivity index (χ3v) is 6.79. The van der Waals surface area contributed by atoms with Crippen LogP contribution in [0.1, 0.15) is 33.3 Å². The zero-order chi connectivity index (χ0) is 23.3. The number of carbonyl (C=O) groups is 1. The van der Waals surface area contributed by atoms with Gasteiger partial charge in [0.15, 0.2) is 0 Å². The van der Waals surface area contributed by atoms with E-state index in [2.05, 4.69) is 10.3 Å². The molecule has 1 heterocycles. The van der Waals surface area contributed by atoms with Crippen molar-refractivity contribution in [1.82, 2.24) is 10.3 Å². The second kappa shape index (κ2) is 12.7. The van der Waals surface area contributed by atoms with Crippen LogP contribution in [0, 0.1) is 6.92 Å². The van der Waals surface area contributed by atoms with Crippen molar-refractivity contribution in [2.24, 2.45) is 5.73 Å². The molecule has 3 rings (SSSR count). The van der Waals surface area contributed by atoms with Crippen LogP contribution in [0.3, 0.4) is 0 Å². The first-order valence-electron chi connectivity index (χ1n) is 9.96. The van der Waals surface area contributed by atoms with E-state index in [-0.39, 0.29) is 45.9 Å².